The fourth-order valence-electron chi connectivity index (χ4n) is 3.72. The number of aryl methyl sites for hydroxylation is 2. The lowest BCUT2D eigenvalue weighted by Gasteiger charge is -2.14. The molecule has 3 aromatic rings. The largest absolute Gasteiger partial charge is 0.506 e. The number of hydrogen-bond donors (Lipinski definition) is 2. The minimum Gasteiger partial charge on any atom is -0.506 e. The number of aromatic hydroxyl groups is 1. The van der Waals surface area contributed by atoms with Crippen molar-refractivity contribution in [2.24, 2.45) is 5.10 Å². The van der Waals surface area contributed by atoms with E-state index >= 15 is 0 Å². The number of benzene rings is 2. The highest BCUT2D eigenvalue weighted by Gasteiger charge is 2.26. The molecule has 1 aliphatic rings. The molecule has 1 aromatic heterocycles. The van der Waals surface area contributed by atoms with Crippen LogP contribution < -0.4 is 15.8 Å². The van der Waals surface area contributed by atoms with Gasteiger partial charge >= 0.3 is 5.63 Å². The first-order valence-electron chi connectivity index (χ1n) is 9.13. The van der Waals surface area contributed by atoms with Crippen molar-refractivity contribution in [1.82, 2.24) is 5.43 Å². The van der Waals surface area contributed by atoms with Crippen LogP contribution in [0.1, 0.15) is 40.3 Å². The predicted octanol–water partition coefficient (Wildman–Crippen LogP) is 3.87. The number of fused-ring (bicyclic) bond motifs is 1. The molecule has 0 saturated carbocycles. The number of methoxy groups -OCH3 is 1. The second kappa shape index (κ2) is 6.71. The summed E-state index contributed by atoms with van der Waals surface area (Å²) < 4.78 is 10.6. The van der Waals surface area contributed by atoms with Gasteiger partial charge in [-0.05, 0) is 55.7 Å². The summed E-state index contributed by atoms with van der Waals surface area (Å²) in [4.78, 5) is 12.0. The van der Waals surface area contributed by atoms with Crippen LogP contribution in [0.15, 0.2) is 44.6 Å². The zero-order valence-electron chi connectivity index (χ0n) is 16.3. The minimum atomic E-state index is -0.379. The van der Waals surface area contributed by atoms with Crippen LogP contribution >= 0.6 is 0 Å². The average molecular weight is 378 g/mol. The fraction of sp³-hybridized carbons (Fsp3) is 0.273. The molecule has 144 valence electrons. The van der Waals surface area contributed by atoms with Crippen LogP contribution in [0, 0.1) is 20.8 Å². The van der Waals surface area contributed by atoms with Crippen molar-refractivity contribution in [3.05, 3.63) is 68.6 Å². The van der Waals surface area contributed by atoms with E-state index in [4.69, 9.17) is 9.15 Å². The number of nitrogens with one attached hydrogen (secondary N) is 1. The number of hydrogen-bond acceptors (Lipinski definition) is 6. The summed E-state index contributed by atoms with van der Waals surface area (Å²) in [5.41, 5.74) is 7.77. The Morgan fingerprint density at radius 1 is 1.18 bits per heavy atom. The summed E-state index contributed by atoms with van der Waals surface area (Å²) in [6, 6.07) is 9.66. The van der Waals surface area contributed by atoms with Crippen LogP contribution in [0.2, 0.25) is 0 Å². The van der Waals surface area contributed by atoms with Crippen LogP contribution in [-0.2, 0) is 0 Å². The van der Waals surface area contributed by atoms with Gasteiger partial charge in [-0.1, -0.05) is 12.1 Å². The van der Waals surface area contributed by atoms with Crippen molar-refractivity contribution in [2.45, 2.75) is 33.2 Å². The van der Waals surface area contributed by atoms with E-state index in [0.717, 1.165) is 28.2 Å². The monoisotopic (exact) mass is 378 g/mol. The molecule has 0 spiro atoms. The summed E-state index contributed by atoms with van der Waals surface area (Å²) in [5.74, 6) is 0.911. The molecule has 2 heterocycles. The highest BCUT2D eigenvalue weighted by molar-refractivity contribution is 6.09. The van der Waals surface area contributed by atoms with Gasteiger partial charge in [0.1, 0.15) is 17.1 Å². The lowest BCUT2D eigenvalue weighted by atomic mass is 9.93. The summed E-state index contributed by atoms with van der Waals surface area (Å²) >= 11 is 0. The SMILES string of the molecule is COc1ccc([C@@H]2CC(c3c(C)cc4oc(=O)c(C)c(C)c4c3O)=NN2)cc1. The smallest absolute Gasteiger partial charge is 0.339 e. The Morgan fingerprint density at radius 3 is 2.57 bits per heavy atom. The lowest BCUT2D eigenvalue weighted by Crippen LogP contribution is -2.10. The maximum atomic E-state index is 12.0. The van der Waals surface area contributed by atoms with E-state index in [9.17, 15) is 9.90 Å². The van der Waals surface area contributed by atoms with Crippen molar-refractivity contribution in [2.75, 3.05) is 7.11 Å². The van der Waals surface area contributed by atoms with E-state index < -0.39 is 0 Å². The van der Waals surface area contributed by atoms with Gasteiger partial charge in [-0.25, -0.2) is 4.79 Å². The molecule has 0 radical (unpaired) electrons. The van der Waals surface area contributed by atoms with Gasteiger partial charge in [0.2, 0.25) is 0 Å². The van der Waals surface area contributed by atoms with Gasteiger partial charge in [0.15, 0.2) is 0 Å². The molecule has 2 aromatic carbocycles. The van der Waals surface area contributed by atoms with Gasteiger partial charge in [0.05, 0.1) is 24.2 Å². The molecule has 0 aliphatic carbocycles. The fourth-order valence-corrected chi connectivity index (χ4v) is 3.72. The van der Waals surface area contributed by atoms with Gasteiger partial charge in [0.25, 0.3) is 0 Å². The Kier molecular flexibility index (Phi) is 4.34. The van der Waals surface area contributed by atoms with E-state index in [-0.39, 0.29) is 17.4 Å². The Balaban J connectivity index is 1.74. The third-order valence-corrected chi connectivity index (χ3v) is 5.47. The summed E-state index contributed by atoms with van der Waals surface area (Å²) in [6.07, 6.45) is 0.640. The molecule has 1 aliphatic heterocycles. The van der Waals surface area contributed by atoms with E-state index in [0.29, 0.717) is 28.5 Å². The first-order chi connectivity index (χ1) is 13.4. The zero-order chi connectivity index (χ0) is 20.0. The second-order valence-electron chi connectivity index (χ2n) is 7.15. The molecule has 28 heavy (non-hydrogen) atoms. The van der Waals surface area contributed by atoms with Gasteiger partial charge in [0, 0.05) is 17.5 Å². The molecule has 6 heteroatoms. The number of ether oxygens (including phenoxy) is 1. The Labute approximate surface area is 162 Å². The van der Waals surface area contributed by atoms with Gasteiger partial charge < -0.3 is 19.7 Å². The number of phenols is 1. The van der Waals surface area contributed by atoms with Gasteiger partial charge in [-0.2, -0.15) is 5.10 Å². The molecule has 0 saturated heterocycles. The minimum absolute atomic E-state index is 0.0203. The predicted molar refractivity (Wildman–Crippen MR) is 108 cm³/mol. The number of nitrogens with zero attached hydrogens (tertiary/aromatic N) is 1. The standard InChI is InChI=1S/C22H22N2O4/c1-11-9-18-20(12(2)13(3)22(26)28-18)21(25)19(11)17-10-16(23-24-17)14-5-7-15(27-4)8-6-14/h5-9,16,23,25H,10H2,1-4H3/t16-/m0/s1. The van der Waals surface area contributed by atoms with Crippen molar-refractivity contribution in [3.63, 3.8) is 0 Å². The van der Waals surface area contributed by atoms with Crippen molar-refractivity contribution in [3.8, 4) is 11.5 Å². The highest BCUT2D eigenvalue weighted by atomic mass is 16.5. The number of phenolic OH excluding ortho intramolecular Hbond substituents is 1. The third kappa shape index (κ3) is 2.81. The van der Waals surface area contributed by atoms with Crippen molar-refractivity contribution in [1.29, 1.82) is 0 Å². The maximum Gasteiger partial charge on any atom is 0.339 e. The molecular formula is C22H22N2O4. The first-order valence-corrected chi connectivity index (χ1v) is 9.13. The zero-order valence-corrected chi connectivity index (χ0v) is 16.3. The van der Waals surface area contributed by atoms with E-state index in [1.54, 1.807) is 20.1 Å². The van der Waals surface area contributed by atoms with E-state index in [2.05, 4.69) is 10.5 Å². The van der Waals surface area contributed by atoms with Crippen LogP contribution in [0.3, 0.4) is 0 Å². The first kappa shape index (κ1) is 18.1. The number of rotatable bonds is 3. The third-order valence-electron chi connectivity index (χ3n) is 5.47. The molecule has 2 N–H and O–H groups in total. The highest BCUT2D eigenvalue weighted by Crippen LogP contribution is 2.37. The molecule has 0 bridgehead atoms. The average Bonchev–Trinajstić information content (AvgIpc) is 3.15. The molecule has 4 rings (SSSR count). The van der Waals surface area contributed by atoms with Gasteiger partial charge in [-0.3, -0.25) is 0 Å². The molecule has 0 unspecified atom stereocenters. The van der Waals surface area contributed by atoms with Crippen LogP contribution in [0.4, 0.5) is 0 Å². The molecular weight excluding hydrogens is 356 g/mol. The Bertz CT molecular complexity index is 1160. The van der Waals surface area contributed by atoms with E-state index in [1.165, 1.54) is 0 Å². The molecule has 0 amide bonds. The molecule has 0 fully saturated rings. The van der Waals surface area contributed by atoms with Crippen LogP contribution in [-0.4, -0.2) is 17.9 Å². The molecule has 1 atom stereocenters. The lowest BCUT2D eigenvalue weighted by molar-refractivity contribution is 0.414. The molecule has 6 nitrogen and oxygen atoms in total. The second-order valence-corrected chi connectivity index (χ2v) is 7.15. The number of hydrazone groups is 1. The van der Waals surface area contributed by atoms with Crippen LogP contribution in [0.25, 0.3) is 11.0 Å². The Hall–Kier alpha value is -3.28. The normalized spacial score (nSPS) is 16.1. The summed E-state index contributed by atoms with van der Waals surface area (Å²) in [5, 5.41) is 16.1. The topological polar surface area (TPSA) is 84.1 Å². The summed E-state index contributed by atoms with van der Waals surface area (Å²) in [7, 11) is 1.64. The van der Waals surface area contributed by atoms with Crippen molar-refractivity contribution >= 4 is 16.7 Å². The summed E-state index contributed by atoms with van der Waals surface area (Å²) in [6.45, 7) is 5.41. The Morgan fingerprint density at radius 2 is 1.89 bits per heavy atom. The van der Waals surface area contributed by atoms with Crippen molar-refractivity contribution < 1.29 is 14.3 Å². The van der Waals surface area contributed by atoms with E-state index in [1.807, 2.05) is 38.1 Å². The van der Waals surface area contributed by atoms with Gasteiger partial charge in [-0.15, -0.1) is 0 Å². The quantitative estimate of drug-likeness (QED) is 0.676. The maximum absolute atomic E-state index is 12.0. The van der Waals surface area contributed by atoms with Crippen LogP contribution in [0.5, 0.6) is 11.5 Å².